The maximum Gasteiger partial charge on any atom is 0.279 e. The Balaban J connectivity index is 1.36. The Hall–Kier alpha value is -2.18. The molecule has 1 fully saturated rings. The van der Waals surface area contributed by atoms with E-state index < -0.39 is 0 Å². The van der Waals surface area contributed by atoms with E-state index in [4.69, 9.17) is 0 Å². The smallest absolute Gasteiger partial charge is 0.279 e. The van der Waals surface area contributed by atoms with Gasteiger partial charge in [-0.1, -0.05) is 0 Å². The average Bonchev–Trinajstić information content (AvgIpc) is 3.27. The van der Waals surface area contributed by atoms with Gasteiger partial charge in [-0.2, -0.15) is 0 Å². The minimum Gasteiger partial charge on any atom is -0.321 e. The molecule has 136 valence electrons. The summed E-state index contributed by atoms with van der Waals surface area (Å²) in [6, 6.07) is 10.1. The summed E-state index contributed by atoms with van der Waals surface area (Å²) in [5, 5.41) is 5.15. The summed E-state index contributed by atoms with van der Waals surface area (Å²) in [4.78, 5) is 28.9. The molecule has 0 aliphatic carbocycles. The Morgan fingerprint density at radius 1 is 1.27 bits per heavy atom. The molecule has 0 radical (unpaired) electrons. The lowest BCUT2D eigenvalue weighted by molar-refractivity contribution is -0.923. The van der Waals surface area contributed by atoms with Gasteiger partial charge in [-0.05, 0) is 49.1 Å². The monoisotopic (exact) mass is 370 g/mol. The summed E-state index contributed by atoms with van der Waals surface area (Å²) in [5.41, 5.74) is 3.08. The second kappa shape index (κ2) is 7.21. The highest BCUT2D eigenvalue weighted by Crippen LogP contribution is 2.25. The molecule has 5 nitrogen and oxygen atoms in total. The van der Waals surface area contributed by atoms with E-state index >= 15 is 0 Å². The summed E-state index contributed by atoms with van der Waals surface area (Å²) >= 11 is 1.82. The van der Waals surface area contributed by atoms with Crippen LogP contribution in [0.4, 0.5) is 11.4 Å². The van der Waals surface area contributed by atoms with Crippen molar-refractivity contribution in [2.24, 2.45) is 0 Å². The normalized spacial score (nSPS) is 22.3. The van der Waals surface area contributed by atoms with Gasteiger partial charge in [-0.25, -0.2) is 0 Å². The molecule has 4 rings (SSSR count). The van der Waals surface area contributed by atoms with Gasteiger partial charge in [0, 0.05) is 41.2 Å². The number of quaternary nitrogens is 1. The van der Waals surface area contributed by atoms with Crippen LogP contribution in [0.25, 0.3) is 0 Å². The predicted octanol–water partition coefficient (Wildman–Crippen LogP) is 2.02. The SMILES string of the molecule is C[C@H]1c2ccsc2CC[NH+]1CC(=O)Nc1ccc(N2CCCC2=O)cc1. The zero-order chi connectivity index (χ0) is 18.1. The van der Waals surface area contributed by atoms with Crippen LogP contribution < -0.4 is 15.1 Å². The Kier molecular flexibility index (Phi) is 4.78. The molecule has 2 aromatic rings. The Morgan fingerprint density at radius 2 is 2.08 bits per heavy atom. The molecular weight excluding hydrogens is 346 g/mol. The zero-order valence-electron chi connectivity index (χ0n) is 15.0. The van der Waals surface area contributed by atoms with E-state index in [0.717, 1.165) is 37.3 Å². The van der Waals surface area contributed by atoms with E-state index in [2.05, 4.69) is 23.7 Å². The maximum absolute atomic E-state index is 12.5. The first-order chi connectivity index (χ1) is 12.6. The minimum atomic E-state index is 0.0375. The van der Waals surface area contributed by atoms with Gasteiger partial charge in [0.15, 0.2) is 6.54 Å². The number of nitrogens with zero attached hydrogens (tertiary/aromatic N) is 1. The lowest BCUT2D eigenvalue weighted by Gasteiger charge is -2.29. The van der Waals surface area contributed by atoms with Gasteiger partial charge in [0.05, 0.1) is 6.54 Å². The van der Waals surface area contributed by atoms with Crippen LogP contribution >= 0.6 is 11.3 Å². The first-order valence-electron chi connectivity index (χ1n) is 9.23. The van der Waals surface area contributed by atoms with Crippen molar-refractivity contribution in [3.63, 3.8) is 0 Å². The minimum absolute atomic E-state index is 0.0375. The number of carbonyl (C=O) groups is 2. The summed E-state index contributed by atoms with van der Waals surface area (Å²) in [6.45, 7) is 4.46. The number of hydrogen-bond donors (Lipinski definition) is 2. The van der Waals surface area contributed by atoms with Gasteiger partial charge in [0.2, 0.25) is 5.91 Å². The van der Waals surface area contributed by atoms with Crippen molar-refractivity contribution in [2.75, 3.05) is 29.9 Å². The Labute approximate surface area is 157 Å². The average molecular weight is 370 g/mol. The number of carbonyl (C=O) groups excluding carboxylic acids is 2. The van der Waals surface area contributed by atoms with E-state index in [1.54, 1.807) is 0 Å². The van der Waals surface area contributed by atoms with E-state index in [9.17, 15) is 9.59 Å². The third-order valence-corrected chi connectivity index (χ3v) is 6.45. The van der Waals surface area contributed by atoms with Crippen molar-refractivity contribution >= 4 is 34.5 Å². The van der Waals surface area contributed by atoms with Crippen LogP contribution in [0, 0.1) is 0 Å². The first kappa shape index (κ1) is 17.2. The van der Waals surface area contributed by atoms with Gasteiger partial charge in [-0.3, -0.25) is 9.59 Å². The molecule has 1 saturated heterocycles. The van der Waals surface area contributed by atoms with Crippen LogP contribution in [0.2, 0.25) is 0 Å². The van der Waals surface area contributed by atoms with Crippen LogP contribution in [0.15, 0.2) is 35.7 Å². The summed E-state index contributed by atoms with van der Waals surface area (Å²) in [7, 11) is 0. The summed E-state index contributed by atoms with van der Waals surface area (Å²) in [6.07, 6.45) is 2.60. The number of thiophene rings is 1. The highest BCUT2D eigenvalue weighted by Gasteiger charge is 2.29. The maximum atomic E-state index is 12.5. The van der Waals surface area contributed by atoms with Crippen molar-refractivity contribution in [1.82, 2.24) is 0 Å². The topological polar surface area (TPSA) is 53.9 Å². The molecule has 2 aliphatic heterocycles. The second-order valence-corrected chi connectivity index (χ2v) is 8.10. The molecule has 6 heteroatoms. The lowest BCUT2D eigenvalue weighted by Crippen LogP contribution is -3.14. The van der Waals surface area contributed by atoms with Gasteiger partial charge in [-0.15, -0.1) is 11.3 Å². The fraction of sp³-hybridized carbons (Fsp3) is 0.400. The number of nitrogens with one attached hydrogen (secondary N) is 2. The van der Waals surface area contributed by atoms with Crippen LogP contribution in [0.1, 0.15) is 36.2 Å². The van der Waals surface area contributed by atoms with E-state index in [0.29, 0.717) is 19.0 Å². The molecule has 2 atom stereocenters. The molecule has 2 N–H and O–H groups in total. The van der Waals surface area contributed by atoms with Crippen molar-refractivity contribution in [3.8, 4) is 0 Å². The molecule has 0 saturated carbocycles. The zero-order valence-corrected chi connectivity index (χ0v) is 15.8. The largest absolute Gasteiger partial charge is 0.321 e. The third-order valence-electron chi connectivity index (χ3n) is 5.46. The molecule has 2 aliphatic rings. The molecule has 0 spiro atoms. The van der Waals surface area contributed by atoms with E-state index in [-0.39, 0.29) is 11.8 Å². The number of fused-ring (bicyclic) bond motifs is 1. The van der Waals surface area contributed by atoms with Gasteiger partial charge in [0.25, 0.3) is 5.91 Å². The first-order valence-corrected chi connectivity index (χ1v) is 10.1. The molecular formula is C20H24N3O2S+. The number of amides is 2. The van der Waals surface area contributed by atoms with Crippen LogP contribution in [0.3, 0.4) is 0 Å². The number of benzene rings is 1. The fourth-order valence-electron chi connectivity index (χ4n) is 3.95. The predicted molar refractivity (Wildman–Crippen MR) is 104 cm³/mol. The van der Waals surface area contributed by atoms with Crippen molar-refractivity contribution in [2.45, 2.75) is 32.2 Å². The van der Waals surface area contributed by atoms with Crippen LogP contribution in [0.5, 0.6) is 0 Å². The van der Waals surface area contributed by atoms with Crippen molar-refractivity contribution in [3.05, 3.63) is 46.2 Å². The molecule has 3 heterocycles. The van der Waals surface area contributed by atoms with Gasteiger partial charge in [0.1, 0.15) is 6.04 Å². The van der Waals surface area contributed by atoms with Crippen molar-refractivity contribution < 1.29 is 14.5 Å². The fourth-order valence-corrected chi connectivity index (χ4v) is 4.93. The highest BCUT2D eigenvalue weighted by atomic mass is 32.1. The van der Waals surface area contributed by atoms with Crippen molar-refractivity contribution in [1.29, 1.82) is 0 Å². The molecule has 1 aromatic carbocycles. The standard InChI is InChI=1S/C20H23N3O2S/c1-14-17-9-12-26-18(17)8-11-22(14)13-19(24)21-15-4-6-16(7-5-15)23-10-2-3-20(23)25/h4-7,9,12,14H,2-3,8,10-11,13H2,1H3,(H,21,24)/p+1/t14-/m0/s1. The van der Waals surface area contributed by atoms with E-state index in [1.165, 1.54) is 15.3 Å². The third kappa shape index (κ3) is 3.39. The van der Waals surface area contributed by atoms with E-state index in [1.807, 2.05) is 40.5 Å². The molecule has 26 heavy (non-hydrogen) atoms. The molecule has 2 amide bonds. The number of hydrogen-bond acceptors (Lipinski definition) is 3. The van der Waals surface area contributed by atoms with Gasteiger partial charge < -0.3 is 15.1 Å². The molecule has 1 aromatic heterocycles. The molecule has 1 unspecified atom stereocenters. The lowest BCUT2D eigenvalue weighted by atomic mass is 10.0. The Bertz CT molecular complexity index is 815. The number of rotatable bonds is 4. The highest BCUT2D eigenvalue weighted by molar-refractivity contribution is 7.10. The summed E-state index contributed by atoms with van der Waals surface area (Å²) in [5.74, 6) is 0.216. The second-order valence-electron chi connectivity index (χ2n) is 7.10. The Morgan fingerprint density at radius 3 is 2.81 bits per heavy atom. The summed E-state index contributed by atoms with van der Waals surface area (Å²) < 4.78 is 0. The number of anilines is 2. The quantitative estimate of drug-likeness (QED) is 0.865. The molecule has 0 bridgehead atoms. The van der Waals surface area contributed by atoms with Crippen LogP contribution in [-0.4, -0.2) is 31.4 Å². The van der Waals surface area contributed by atoms with Crippen LogP contribution in [-0.2, 0) is 16.0 Å². The van der Waals surface area contributed by atoms with Gasteiger partial charge >= 0.3 is 0 Å².